The molecule has 2 aliphatic heterocycles. The van der Waals surface area contributed by atoms with Crippen LogP contribution in [0.1, 0.15) is 46.2 Å². The Morgan fingerprint density at radius 3 is 1.98 bits per heavy atom. The maximum absolute atomic E-state index is 12.6. The molecule has 41 heavy (non-hydrogen) atoms. The lowest BCUT2D eigenvalue weighted by Gasteiger charge is -2.17. The summed E-state index contributed by atoms with van der Waals surface area (Å²) >= 11 is 0. The molecule has 0 atom stereocenters. The molecule has 4 amide bonds. The van der Waals surface area contributed by atoms with E-state index in [1.165, 1.54) is 11.1 Å². The lowest BCUT2D eigenvalue weighted by Crippen LogP contribution is -2.38. The first-order chi connectivity index (χ1) is 19.6. The third kappa shape index (κ3) is 5.68. The summed E-state index contributed by atoms with van der Waals surface area (Å²) in [5.41, 5.74) is 15.4. The Balaban J connectivity index is 0.000000229. The molecule has 212 valence electrons. The predicted octanol–water partition coefficient (Wildman–Crippen LogP) is 3.40. The molecule has 0 fully saturated rings. The van der Waals surface area contributed by atoms with E-state index in [9.17, 15) is 22.8 Å². The van der Waals surface area contributed by atoms with E-state index < -0.39 is 16.2 Å². The van der Waals surface area contributed by atoms with E-state index in [0.29, 0.717) is 23.4 Å². The molecule has 2 heterocycles. The maximum Gasteiger partial charge on any atom is 0.334 e. The minimum Gasteiger partial charge on any atom is -0.399 e. The molecular formula is C29H30N6O5S. The first-order valence-electron chi connectivity index (χ1n) is 13.5. The second-order valence-electron chi connectivity index (χ2n) is 10.6. The molecule has 0 aromatic heterocycles. The third-order valence-electron chi connectivity index (χ3n) is 7.68. The van der Waals surface area contributed by atoms with Gasteiger partial charge in [-0.25, -0.2) is 9.52 Å². The Hall–Kier alpha value is -4.58. The van der Waals surface area contributed by atoms with Gasteiger partial charge in [-0.15, -0.1) is 0 Å². The first-order valence-corrected chi connectivity index (χ1v) is 15.0. The van der Waals surface area contributed by atoms with Crippen molar-refractivity contribution in [2.24, 2.45) is 0 Å². The summed E-state index contributed by atoms with van der Waals surface area (Å²) in [7, 11) is -4.13. The zero-order valence-electron chi connectivity index (χ0n) is 22.2. The van der Waals surface area contributed by atoms with Crippen LogP contribution in [0, 0.1) is 0 Å². The highest BCUT2D eigenvalue weighted by Gasteiger charge is 2.26. The van der Waals surface area contributed by atoms with Gasteiger partial charge in [0.25, 0.3) is 0 Å². The Morgan fingerprint density at radius 2 is 1.34 bits per heavy atom. The molecule has 0 unspecified atom stereocenters. The normalized spacial score (nSPS) is 15.9. The van der Waals surface area contributed by atoms with Gasteiger partial charge in [-0.05, 0) is 108 Å². The largest absolute Gasteiger partial charge is 0.399 e. The molecule has 3 aromatic carbocycles. The minimum absolute atomic E-state index is 0.0469. The van der Waals surface area contributed by atoms with E-state index in [0.717, 1.165) is 66.6 Å². The number of carbonyl (C=O) groups excluding carboxylic acids is 3. The number of carbonyl (C=O) groups is 3. The molecule has 4 aliphatic rings. The van der Waals surface area contributed by atoms with Crippen LogP contribution >= 0.6 is 0 Å². The molecule has 0 bridgehead atoms. The van der Waals surface area contributed by atoms with Gasteiger partial charge in [0, 0.05) is 22.7 Å². The number of fused-ring (bicyclic) bond motifs is 4. The summed E-state index contributed by atoms with van der Waals surface area (Å²) in [4.78, 5) is 34.9. The molecule has 3 aromatic rings. The van der Waals surface area contributed by atoms with Crippen molar-refractivity contribution in [1.29, 1.82) is 0 Å². The maximum atomic E-state index is 12.6. The lowest BCUT2D eigenvalue weighted by molar-refractivity contribution is -0.115. The van der Waals surface area contributed by atoms with Gasteiger partial charge in [-0.1, -0.05) is 6.07 Å². The highest BCUT2D eigenvalue weighted by atomic mass is 32.2. The first kappa shape index (κ1) is 26.6. The van der Waals surface area contributed by atoms with E-state index in [2.05, 4.69) is 26.7 Å². The smallest absolute Gasteiger partial charge is 0.334 e. The summed E-state index contributed by atoms with van der Waals surface area (Å²) in [5, 5.41) is 8.23. The fourth-order valence-electron chi connectivity index (χ4n) is 5.95. The Kier molecular flexibility index (Phi) is 6.78. The fourth-order valence-corrected chi connectivity index (χ4v) is 6.73. The van der Waals surface area contributed by atoms with E-state index in [1.807, 2.05) is 16.9 Å². The Labute approximate surface area is 237 Å². The van der Waals surface area contributed by atoms with Crippen LogP contribution in [-0.4, -0.2) is 26.3 Å². The van der Waals surface area contributed by atoms with Gasteiger partial charge in [0.1, 0.15) is 0 Å². The quantitative estimate of drug-likeness (QED) is 0.261. The number of anilines is 5. The monoisotopic (exact) mass is 574 g/mol. The van der Waals surface area contributed by atoms with Gasteiger partial charge in [-0.2, -0.15) is 8.42 Å². The number of nitrogens with two attached hydrogens (primary N) is 1. The van der Waals surface area contributed by atoms with Gasteiger partial charge in [0.2, 0.25) is 11.8 Å². The molecule has 0 spiro atoms. The number of hydrogen-bond acceptors (Lipinski definition) is 6. The van der Waals surface area contributed by atoms with Gasteiger partial charge >= 0.3 is 16.2 Å². The second-order valence-corrected chi connectivity index (χ2v) is 12.0. The van der Waals surface area contributed by atoms with Crippen LogP contribution in [0.4, 0.5) is 33.2 Å². The standard InChI is InChI=1S/C21H22N4O4S.C8H8N2O/c26-19-11-14-10-15(7-8-18(14)22-19)24-30(28,29)25-21(27)23-20-16-5-1-3-12(16)9-13-4-2-6-17(13)20;9-6-1-2-7-5(3-6)4-8(11)10-7/h7-10,24H,1-6,11H2,(H,22,26)(H2,23,25,27);1-3H,4,9H2,(H,10,11). The van der Waals surface area contributed by atoms with Gasteiger partial charge in [0.15, 0.2) is 0 Å². The van der Waals surface area contributed by atoms with Crippen LogP contribution in [0.5, 0.6) is 0 Å². The summed E-state index contributed by atoms with van der Waals surface area (Å²) in [6, 6.07) is 11.7. The molecule has 7 rings (SSSR count). The summed E-state index contributed by atoms with van der Waals surface area (Å²) in [5.74, 6) is -0.0870. The molecule has 0 saturated carbocycles. The zero-order valence-corrected chi connectivity index (χ0v) is 23.0. The van der Waals surface area contributed by atoms with Crippen molar-refractivity contribution in [1.82, 2.24) is 4.72 Å². The van der Waals surface area contributed by atoms with E-state index in [4.69, 9.17) is 5.73 Å². The number of amides is 4. The van der Waals surface area contributed by atoms with Crippen molar-refractivity contribution in [2.75, 3.05) is 26.4 Å². The Morgan fingerprint density at radius 1 is 0.756 bits per heavy atom. The van der Waals surface area contributed by atoms with Crippen LogP contribution in [0.25, 0.3) is 0 Å². The number of nitrogens with one attached hydrogen (secondary N) is 5. The Bertz CT molecular complexity index is 1690. The van der Waals surface area contributed by atoms with Crippen molar-refractivity contribution in [3.63, 3.8) is 0 Å². The summed E-state index contributed by atoms with van der Waals surface area (Å²) in [6.45, 7) is 0. The predicted molar refractivity (Wildman–Crippen MR) is 157 cm³/mol. The summed E-state index contributed by atoms with van der Waals surface area (Å²) in [6.07, 6.45) is 6.52. The van der Waals surface area contributed by atoms with Crippen molar-refractivity contribution >= 4 is 56.5 Å². The van der Waals surface area contributed by atoms with Gasteiger partial charge < -0.3 is 21.7 Å². The molecule has 7 N–H and O–H groups in total. The fraction of sp³-hybridized carbons (Fsp3) is 0.276. The number of aryl methyl sites for hydroxylation is 2. The lowest BCUT2D eigenvalue weighted by atomic mass is 9.99. The second kappa shape index (κ2) is 10.4. The SMILES string of the molecule is Nc1ccc2c(c1)CC(=O)N2.O=C1Cc2cc(NS(=O)(=O)NC(=O)Nc3c4c(cc5c3CCC5)CCC4)ccc2N1. The summed E-state index contributed by atoms with van der Waals surface area (Å²) < 4.78 is 29.3. The highest BCUT2D eigenvalue weighted by molar-refractivity contribution is 7.91. The van der Waals surface area contributed by atoms with Gasteiger partial charge in [-0.3, -0.25) is 14.3 Å². The highest BCUT2D eigenvalue weighted by Crippen LogP contribution is 2.38. The van der Waals surface area contributed by atoms with Crippen LogP contribution in [-0.2, 0) is 58.3 Å². The number of urea groups is 1. The molecule has 0 saturated heterocycles. The van der Waals surface area contributed by atoms with E-state index in [-0.39, 0.29) is 23.9 Å². The number of benzene rings is 3. The molecular weight excluding hydrogens is 544 g/mol. The van der Waals surface area contributed by atoms with Crippen molar-refractivity contribution in [3.05, 3.63) is 75.8 Å². The number of rotatable bonds is 4. The van der Waals surface area contributed by atoms with Crippen molar-refractivity contribution in [2.45, 2.75) is 51.4 Å². The van der Waals surface area contributed by atoms with Crippen LogP contribution < -0.4 is 31.1 Å². The number of hydrogen-bond donors (Lipinski definition) is 6. The topological polar surface area (TPSA) is 172 Å². The third-order valence-corrected chi connectivity index (χ3v) is 8.63. The average molecular weight is 575 g/mol. The average Bonchev–Trinajstić information content (AvgIpc) is 3.68. The number of nitrogen functional groups attached to an aromatic ring is 1. The van der Waals surface area contributed by atoms with E-state index in [1.54, 1.807) is 24.3 Å². The van der Waals surface area contributed by atoms with Crippen LogP contribution in [0.15, 0.2) is 42.5 Å². The minimum atomic E-state index is -4.13. The molecule has 2 aliphatic carbocycles. The van der Waals surface area contributed by atoms with Crippen LogP contribution in [0.3, 0.4) is 0 Å². The van der Waals surface area contributed by atoms with Gasteiger partial charge in [0.05, 0.1) is 18.5 Å². The van der Waals surface area contributed by atoms with Crippen LogP contribution in [0.2, 0.25) is 0 Å². The van der Waals surface area contributed by atoms with E-state index >= 15 is 0 Å². The van der Waals surface area contributed by atoms with Crippen molar-refractivity contribution < 1.29 is 22.8 Å². The molecule has 12 heteroatoms. The molecule has 0 radical (unpaired) electrons. The molecule has 11 nitrogen and oxygen atoms in total. The zero-order chi connectivity index (χ0) is 28.7. The van der Waals surface area contributed by atoms with Crippen molar-refractivity contribution in [3.8, 4) is 0 Å².